The zero-order valence-electron chi connectivity index (χ0n) is 11.7. The minimum atomic E-state index is -0.0720. The van der Waals surface area contributed by atoms with Gasteiger partial charge in [-0.1, -0.05) is 20.8 Å². The molecule has 102 valence electrons. The van der Waals surface area contributed by atoms with Gasteiger partial charge >= 0.3 is 0 Å². The Morgan fingerprint density at radius 3 is 2.82 bits per heavy atom. The Balaban J connectivity index is 2.20. The first-order chi connectivity index (χ1) is 8.12. The number of ether oxygens (including phenoxy) is 1. The van der Waals surface area contributed by atoms with E-state index in [-0.39, 0.29) is 12.1 Å². The highest BCUT2D eigenvalue weighted by Crippen LogP contribution is 2.31. The SMILES string of the molecule is CCNC1(CO)CCC(OCCCC(C)C)C1. The van der Waals surface area contributed by atoms with Gasteiger partial charge < -0.3 is 15.2 Å². The number of likely N-dealkylation sites (N-methyl/N-ethyl adjacent to an activating group) is 1. The van der Waals surface area contributed by atoms with Crippen LogP contribution in [0, 0.1) is 5.92 Å². The first-order valence-corrected chi connectivity index (χ1v) is 7.09. The first-order valence-electron chi connectivity index (χ1n) is 7.09. The van der Waals surface area contributed by atoms with Crippen molar-refractivity contribution in [1.29, 1.82) is 0 Å². The predicted octanol–water partition coefficient (Wildman–Crippen LogP) is 2.33. The molecule has 0 spiro atoms. The summed E-state index contributed by atoms with van der Waals surface area (Å²) in [6, 6.07) is 0. The smallest absolute Gasteiger partial charge is 0.0614 e. The lowest BCUT2D eigenvalue weighted by molar-refractivity contribution is 0.0436. The van der Waals surface area contributed by atoms with E-state index in [1.807, 2.05) is 0 Å². The van der Waals surface area contributed by atoms with Crippen LogP contribution >= 0.6 is 0 Å². The minimum absolute atomic E-state index is 0.0720. The van der Waals surface area contributed by atoms with Crippen LogP contribution in [0.2, 0.25) is 0 Å². The summed E-state index contributed by atoms with van der Waals surface area (Å²) in [5, 5.41) is 12.9. The molecule has 1 aliphatic carbocycles. The molecule has 0 aliphatic heterocycles. The van der Waals surface area contributed by atoms with E-state index >= 15 is 0 Å². The minimum Gasteiger partial charge on any atom is -0.394 e. The molecule has 0 radical (unpaired) electrons. The summed E-state index contributed by atoms with van der Waals surface area (Å²) in [6.45, 7) is 8.60. The third-order valence-corrected chi connectivity index (χ3v) is 3.70. The lowest BCUT2D eigenvalue weighted by Gasteiger charge is -2.27. The van der Waals surface area contributed by atoms with Crippen LogP contribution in [0.1, 0.15) is 52.9 Å². The maximum absolute atomic E-state index is 9.49. The molecule has 0 aromatic heterocycles. The molecule has 3 nitrogen and oxygen atoms in total. The van der Waals surface area contributed by atoms with E-state index in [1.165, 1.54) is 6.42 Å². The maximum Gasteiger partial charge on any atom is 0.0614 e. The third kappa shape index (κ3) is 4.94. The van der Waals surface area contributed by atoms with E-state index < -0.39 is 0 Å². The van der Waals surface area contributed by atoms with Crippen molar-refractivity contribution in [2.45, 2.75) is 64.5 Å². The van der Waals surface area contributed by atoms with E-state index in [2.05, 4.69) is 26.1 Å². The van der Waals surface area contributed by atoms with Gasteiger partial charge in [0.05, 0.1) is 12.7 Å². The molecule has 2 unspecified atom stereocenters. The summed E-state index contributed by atoms with van der Waals surface area (Å²) < 4.78 is 5.91. The molecule has 1 fully saturated rings. The first kappa shape index (κ1) is 14.9. The Kier molecular flexibility index (Phi) is 6.45. The Labute approximate surface area is 106 Å². The molecule has 2 atom stereocenters. The van der Waals surface area contributed by atoms with Crippen molar-refractivity contribution in [3.63, 3.8) is 0 Å². The largest absolute Gasteiger partial charge is 0.394 e. The second-order valence-corrected chi connectivity index (χ2v) is 5.74. The molecular formula is C14H29NO2. The van der Waals surface area contributed by atoms with E-state index in [0.717, 1.165) is 44.8 Å². The molecule has 1 saturated carbocycles. The molecule has 0 aromatic rings. The zero-order chi connectivity index (χ0) is 12.7. The Morgan fingerprint density at radius 2 is 2.24 bits per heavy atom. The molecule has 3 heteroatoms. The number of hydrogen-bond donors (Lipinski definition) is 2. The molecule has 0 bridgehead atoms. The van der Waals surface area contributed by atoms with Crippen molar-refractivity contribution >= 4 is 0 Å². The maximum atomic E-state index is 9.49. The Morgan fingerprint density at radius 1 is 1.47 bits per heavy atom. The summed E-state index contributed by atoms with van der Waals surface area (Å²) >= 11 is 0. The molecule has 17 heavy (non-hydrogen) atoms. The summed E-state index contributed by atoms with van der Waals surface area (Å²) in [7, 11) is 0. The van der Waals surface area contributed by atoms with Crippen LogP contribution < -0.4 is 5.32 Å². The molecular weight excluding hydrogens is 214 g/mol. The number of nitrogens with one attached hydrogen (secondary N) is 1. The van der Waals surface area contributed by atoms with Crippen LogP contribution in [-0.4, -0.2) is 36.5 Å². The van der Waals surface area contributed by atoms with Crippen molar-refractivity contribution in [2.24, 2.45) is 5.92 Å². The van der Waals surface area contributed by atoms with Crippen LogP contribution in [0.5, 0.6) is 0 Å². The van der Waals surface area contributed by atoms with Gasteiger partial charge in [-0.3, -0.25) is 0 Å². The van der Waals surface area contributed by atoms with Gasteiger partial charge in [0.1, 0.15) is 0 Å². The van der Waals surface area contributed by atoms with Gasteiger partial charge in [0.15, 0.2) is 0 Å². The van der Waals surface area contributed by atoms with Gasteiger partial charge in [0.25, 0.3) is 0 Å². The van der Waals surface area contributed by atoms with Gasteiger partial charge in [-0.2, -0.15) is 0 Å². The monoisotopic (exact) mass is 243 g/mol. The number of aliphatic hydroxyl groups is 1. The molecule has 1 aliphatic rings. The van der Waals surface area contributed by atoms with Crippen LogP contribution in [0.4, 0.5) is 0 Å². The fraction of sp³-hybridized carbons (Fsp3) is 1.00. The van der Waals surface area contributed by atoms with Crippen LogP contribution in [0.3, 0.4) is 0 Å². The van der Waals surface area contributed by atoms with E-state index in [9.17, 15) is 5.11 Å². The predicted molar refractivity (Wildman–Crippen MR) is 71.2 cm³/mol. The highest BCUT2D eigenvalue weighted by molar-refractivity contribution is 4.96. The molecule has 2 N–H and O–H groups in total. The van der Waals surface area contributed by atoms with Crippen LogP contribution in [0.25, 0.3) is 0 Å². The standard InChI is InChI=1S/C14H29NO2/c1-4-15-14(11-16)8-7-13(10-14)17-9-5-6-12(2)3/h12-13,15-16H,4-11H2,1-3H3. The van der Waals surface area contributed by atoms with Crippen LogP contribution in [-0.2, 0) is 4.74 Å². The average molecular weight is 243 g/mol. The molecule has 0 saturated heterocycles. The van der Waals surface area contributed by atoms with Gasteiger partial charge in [-0.05, 0) is 44.6 Å². The second kappa shape index (κ2) is 7.34. The fourth-order valence-corrected chi connectivity index (χ4v) is 2.70. The van der Waals surface area contributed by atoms with Crippen molar-refractivity contribution in [3.8, 4) is 0 Å². The summed E-state index contributed by atoms with van der Waals surface area (Å²) in [6.07, 6.45) is 5.81. The highest BCUT2D eigenvalue weighted by Gasteiger charge is 2.38. The number of aliphatic hydroxyl groups excluding tert-OH is 1. The van der Waals surface area contributed by atoms with Gasteiger partial charge in [0, 0.05) is 12.1 Å². The lowest BCUT2D eigenvalue weighted by Crippen LogP contribution is -2.46. The zero-order valence-corrected chi connectivity index (χ0v) is 11.7. The normalized spacial score (nSPS) is 29.1. The van der Waals surface area contributed by atoms with Crippen LogP contribution in [0.15, 0.2) is 0 Å². The summed E-state index contributed by atoms with van der Waals surface area (Å²) in [4.78, 5) is 0. The van der Waals surface area contributed by atoms with Crippen molar-refractivity contribution < 1.29 is 9.84 Å². The van der Waals surface area contributed by atoms with E-state index in [1.54, 1.807) is 0 Å². The molecule has 1 rings (SSSR count). The Hall–Kier alpha value is -0.120. The van der Waals surface area contributed by atoms with E-state index in [0.29, 0.717) is 6.10 Å². The summed E-state index contributed by atoms with van der Waals surface area (Å²) in [5.74, 6) is 0.764. The van der Waals surface area contributed by atoms with Crippen molar-refractivity contribution in [1.82, 2.24) is 5.32 Å². The molecule has 0 aromatic carbocycles. The van der Waals surface area contributed by atoms with Gasteiger partial charge in [-0.15, -0.1) is 0 Å². The third-order valence-electron chi connectivity index (χ3n) is 3.70. The average Bonchev–Trinajstić information content (AvgIpc) is 2.69. The summed E-state index contributed by atoms with van der Waals surface area (Å²) in [5.41, 5.74) is -0.0720. The van der Waals surface area contributed by atoms with Crippen molar-refractivity contribution in [3.05, 3.63) is 0 Å². The van der Waals surface area contributed by atoms with E-state index in [4.69, 9.17) is 4.74 Å². The fourth-order valence-electron chi connectivity index (χ4n) is 2.70. The quantitative estimate of drug-likeness (QED) is 0.643. The Bertz CT molecular complexity index is 208. The number of hydrogen-bond acceptors (Lipinski definition) is 3. The van der Waals surface area contributed by atoms with Gasteiger partial charge in [-0.25, -0.2) is 0 Å². The number of rotatable bonds is 8. The van der Waals surface area contributed by atoms with Gasteiger partial charge in [0.2, 0.25) is 0 Å². The highest BCUT2D eigenvalue weighted by atomic mass is 16.5. The molecule has 0 amide bonds. The molecule has 0 heterocycles. The van der Waals surface area contributed by atoms with Crippen molar-refractivity contribution in [2.75, 3.05) is 19.8 Å². The lowest BCUT2D eigenvalue weighted by atomic mass is 9.99. The topological polar surface area (TPSA) is 41.5 Å². The second-order valence-electron chi connectivity index (χ2n) is 5.74.